The molecule has 1 heterocycles. The Balaban J connectivity index is 2.20. The summed E-state index contributed by atoms with van der Waals surface area (Å²) in [6.07, 6.45) is 2.72. The van der Waals surface area contributed by atoms with Crippen LogP contribution in [0.4, 0.5) is 0 Å². The van der Waals surface area contributed by atoms with Crippen LogP contribution in [0.3, 0.4) is 0 Å². The van der Waals surface area contributed by atoms with Gasteiger partial charge in [0.25, 0.3) is 0 Å². The standard InChI is InChI=1S/C13H28N2/c1-11(2)12(3)14-8-10-15-9-6-7-13(15,4)5/h11-12,14H,6-10H2,1-5H3. The summed E-state index contributed by atoms with van der Waals surface area (Å²) in [4.78, 5) is 2.62. The van der Waals surface area contributed by atoms with E-state index in [0.717, 1.165) is 12.5 Å². The first-order chi connectivity index (χ1) is 6.93. The third-order valence-electron chi connectivity index (χ3n) is 3.92. The molecule has 90 valence electrons. The monoisotopic (exact) mass is 212 g/mol. The van der Waals surface area contributed by atoms with Gasteiger partial charge in [0.2, 0.25) is 0 Å². The van der Waals surface area contributed by atoms with Crippen molar-refractivity contribution in [3.63, 3.8) is 0 Å². The number of nitrogens with one attached hydrogen (secondary N) is 1. The molecule has 1 fully saturated rings. The lowest BCUT2D eigenvalue weighted by molar-refractivity contribution is 0.173. The SMILES string of the molecule is CC(C)C(C)NCCN1CCCC1(C)C. The quantitative estimate of drug-likeness (QED) is 0.753. The van der Waals surface area contributed by atoms with Gasteiger partial charge in [-0.15, -0.1) is 0 Å². The van der Waals surface area contributed by atoms with E-state index in [4.69, 9.17) is 0 Å². The van der Waals surface area contributed by atoms with E-state index in [9.17, 15) is 0 Å². The van der Waals surface area contributed by atoms with Crippen LogP contribution in [0.15, 0.2) is 0 Å². The number of likely N-dealkylation sites (tertiary alicyclic amines) is 1. The molecule has 0 aromatic rings. The lowest BCUT2D eigenvalue weighted by Gasteiger charge is -2.32. The van der Waals surface area contributed by atoms with Crippen molar-refractivity contribution in [3.8, 4) is 0 Å². The minimum absolute atomic E-state index is 0.433. The number of rotatable bonds is 5. The highest BCUT2D eigenvalue weighted by Gasteiger charge is 2.30. The molecular weight excluding hydrogens is 184 g/mol. The Morgan fingerprint density at radius 1 is 1.27 bits per heavy atom. The molecule has 15 heavy (non-hydrogen) atoms. The van der Waals surface area contributed by atoms with E-state index in [1.54, 1.807) is 0 Å². The summed E-state index contributed by atoms with van der Waals surface area (Å²) in [5.74, 6) is 0.733. The Bertz CT molecular complexity index is 187. The maximum atomic E-state index is 3.61. The lowest BCUT2D eigenvalue weighted by Crippen LogP contribution is -2.44. The third kappa shape index (κ3) is 3.76. The van der Waals surface area contributed by atoms with E-state index in [-0.39, 0.29) is 0 Å². The van der Waals surface area contributed by atoms with Crippen molar-refractivity contribution in [2.45, 2.75) is 59.0 Å². The second-order valence-electron chi connectivity index (χ2n) is 5.89. The van der Waals surface area contributed by atoms with Crippen molar-refractivity contribution in [2.24, 2.45) is 5.92 Å². The molecule has 0 radical (unpaired) electrons. The lowest BCUT2D eigenvalue weighted by atomic mass is 10.0. The van der Waals surface area contributed by atoms with Crippen LogP contribution in [-0.4, -0.2) is 36.1 Å². The van der Waals surface area contributed by atoms with E-state index >= 15 is 0 Å². The van der Waals surface area contributed by atoms with Gasteiger partial charge in [-0.2, -0.15) is 0 Å². The van der Waals surface area contributed by atoms with Crippen molar-refractivity contribution in [2.75, 3.05) is 19.6 Å². The summed E-state index contributed by atoms with van der Waals surface area (Å²) in [5, 5.41) is 3.61. The summed E-state index contributed by atoms with van der Waals surface area (Å²) in [7, 11) is 0. The van der Waals surface area contributed by atoms with Gasteiger partial charge < -0.3 is 5.32 Å². The molecule has 0 aliphatic carbocycles. The molecule has 1 aliphatic rings. The zero-order valence-corrected chi connectivity index (χ0v) is 11.1. The highest BCUT2D eigenvalue weighted by Crippen LogP contribution is 2.27. The number of hydrogen-bond donors (Lipinski definition) is 1. The first-order valence-electron chi connectivity index (χ1n) is 6.42. The van der Waals surface area contributed by atoms with Crippen molar-refractivity contribution in [3.05, 3.63) is 0 Å². The van der Waals surface area contributed by atoms with E-state index in [2.05, 4.69) is 44.8 Å². The Hall–Kier alpha value is -0.0800. The van der Waals surface area contributed by atoms with Crippen LogP contribution in [0.1, 0.15) is 47.5 Å². The molecule has 0 saturated carbocycles. The molecule has 2 heteroatoms. The Kier molecular flexibility index (Phi) is 4.60. The average Bonchev–Trinajstić information content (AvgIpc) is 2.45. The minimum Gasteiger partial charge on any atom is -0.313 e. The molecule has 2 nitrogen and oxygen atoms in total. The van der Waals surface area contributed by atoms with E-state index in [1.807, 2.05) is 0 Å². The predicted octanol–water partition coefficient (Wildman–Crippen LogP) is 2.49. The molecule has 0 bridgehead atoms. The van der Waals surface area contributed by atoms with Crippen LogP contribution in [-0.2, 0) is 0 Å². The molecule has 1 N–H and O–H groups in total. The number of nitrogens with zero attached hydrogens (tertiary/aromatic N) is 1. The van der Waals surface area contributed by atoms with Gasteiger partial charge in [0.1, 0.15) is 0 Å². The Labute approximate surface area is 95.4 Å². The topological polar surface area (TPSA) is 15.3 Å². The largest absolute Gasteiger partial charge is 0.313 e. The van der Waals surface area contributed by atoms with Crippen LogP contribution in [0.25, 0.3) is 0 Å². The molecule has 0 amide bonds. The Morgan fingerprint density at radius 2 is 1.93 bits per heavy atom. The summed E-state index contributed by atoms with van der Waals surface area (Å²) in [5.41, 5.74) is 0.433. The maximum absolute atomic E-state index is 3.61. The molecule has 1 unspecified atom stereocenters. The predicted molar refractivity (Wildman–Crippen MR) is 67.2 cm³/mol. The van der Waals surface area contributed by atoms with Gasteiger partial charge in [-0.1, -0.05) is 13.8 Å². The summed E-state index contributed by atoms with van der Waals surface area (Å²) in [6, 6.07) is 0.635. The molecule has 1 aliphatic heterocycles. The van der Waals surface area contributed by atoms with Crippen molar-refractivity contribution in [1.29, 1.82) is 0 Å². The van der Waals surface area contributed by atoms with Gasteiger partial charge in [-0.3, -0.25) is 4.90 Å². The number of hydrogen-bond acceptors (Lipinski definition) is 2. The van der Waals surface area contributed by atoms with Crippen molar-refractivity contribution in [1.82, 2.24) is 10.2 Å². The van der Waals surface area contributed by atoms with Crippen LogP contribution >= 0.6 is 0 Å². The molecule has 0 spiro atoms. The fraction of sp³-hybridized carbons (Fsp3) is 1.00. The second kappa shape index (κ2) is 5.31. The first-order valence-corrected chi connectivity index (χ1v) is 6.42. The molecule has 1 rings (SSSR count). The highest BCUT2D eigenvalue weighted by atomic mass is 15.2. The van der Waals surface area contributed by atoms with E-state index < -0.39 is 0 Å². The average molecular weight is 212 g/mol. The van der Waals surface area contributed by atoms with Gasteiger partial charge in [0, 0.05) is 24.7 Å². The van der Waals surface area contributed by atoms with Crippen molar-refractivity contribution >= 4 is 0 Å². The van der Waals surface area contributed by atoms with Crippen LogP contribution in [0, 0.1) is 5.92 Å². The molecule has 0 aromatic heterocycles. The fourth-order valence-electron chi connectivity index (χ4n) is 2.24. The minimum atomic E-state index is 0.433. The smallest absolute Gasteiger partial charge is 0.0154 e. The van der Waals surface area contributed by atoms with Gasteiger partial charge in [0.05, 0.1) is 0 Å². The molecule has 0 aromatic carbocycles. The maximum Gasteiger partial charge on any atom is 0.0154 e. The van der Waals surface area contributed by atoms with E-state index in [1.165, 1.54) is 25.9 Å². The van der Waals surface area contributed by atoms with Crippen molar-refractivity contribution < 1.29 is 0 Å². The van der Waals surface area contributed by atoms with E-state index in [0.29, 0.717) is 11.6 Å². The zero-order valence-electron chi connectivity index (χ0n) is 11.1. The normalized spacial score (nSPS) is 23.6. The second-order valence-corrected chi connectivity index (χ2v) is 5.89. The van der Waals surface area contributed by atoms with Gasteiger partial charge in [-0.05, 0) is 46.1 Å². The zero-order chi connectivity index (χ0) is 11.5. The van der Waals surface area contributed by atoms with Crippen LogP contribution in [0.2, 0.25) is 0 Å². The highest BCUT2D eigenvalue weighted by molar-refractivity contribution is 4.88. The molecule has 1 saturated heterocycles. The van der Waals surface area contributed by atoms with Gasteiger partial charge >= 0.3 is 0 Å². The third-order valence-corrected chi connectivity index (χ3v) is 3.92. The summed E-state index contributed by atoms with van der Waals surface area (Å²) in [6.45, 7) is 15.2. The van der Waals surface area contributed by atoms with Gasteiger partial charge in [0.15, 0.2) is 0 Å². The molecular formula is C13H28N2. The summed E-state index contributed by atoms with van der Waals surface area (Å²) < 4.78 is 0. The fourth-order valence-corrected chi connectivity index (χ4v) is 2.24. The Morgan fingerprint density at radius 3 is 2.40 bits per heavy atom. The van der Waals surface area contributed by atoms with Crippen LogP contribution in [0.5, 0.6) is 0 Å². The van der Waals surface area contributed by atoms with Gasteiger partial charge in [-0.25, -0.2) is 0 Å². The summed E-state index contributed by atoms with van der Waals surface area (Å²) >= 11 is 0. The first kappa shape index (κ1) is 13.0. The van der Waals surface area contributed by atoms with Crippen LogP contribution < -0.4 is 5.32 Å². The molecule has 1 atom stereocenters.